The number of carbonyl (C=O) groups is 1. The lowest BCUT2D eigenvalue weighted by molar-refractivity contribution is -0.143. The minimum absolute atomic E-state index is 0.146. The highest BCUT2D eigenvalue weighted by Crippen LogP contribution is 2.31. The summed E-state index contributed by atoms with van der Waals surface area (Å²) in [6.07, 6.45) is 1.07. The number of aryl methyl sites for hydroxylation is 1. The number of benzene rings is 2. The number of ether oxygens (including phenoxy) is 1. The van der Waals surface area contributed by atoms with E-state index in [1.165, 1.54) is 10.9 Å². The second kappa shape index (κ2) is 6.48. The van der Waals surface area contributed by atoms with Crippen LogP contribution in [0.3, 0.4) is 0 Å². The van der Waals surface area contributed by atoms with E-state index in [2.05, 4.69) is 29.2 Å². The number of para-hydroxylation sites is 1. The van der Waals surface area contributed by atoms with E-state index in [9.17, 15) is 4.79 Å². The molecular formula is C19H19NO2. The standard InChI is InChI=1S/C19H19NO2/c1-2-22-18(21)13-12-16-15-10-6-7-11-17(15)20-19(16)14-8-4-3-5-9-14/h3-11,20H,2,12-13H2,1H3. The van der Waals surface area contributed by atoms with Crippen LogP contribution >= 0.6 is 0 Å². The van der Waals surface area contributed by atoms with E-state index in [1.807, 2.05) is 37.3 Å². The number of fused-ring (bicyclic) bond motifs is 1. The predicted molar refractivity (Wildman–Crippen MR) is 88.7 cm³/mol. The Balaban J connectivity index is 2.00. The summed E-state index contributed by atoms with van der Waals surface area (Å²) in [6.45, 7) is 2.26. The van der Waals surface area contributed by atoms with Crippen molar-refractivity contribution in [2.75, 3.05) is 6.61 Å². The molecule has 0 aliphatic heterocycles. The van der Waals surface area contributed by atoms with Crippen molar-refractivity contribution >= 4 is 16.9 Å². The average Bonchev–Trinajstić information content (AvgIpc) is 2.93. The highest BCUT2D eigenvalue weighted by atomic mass is 16.5. The molecule has 22 heavy (non-hydrogen) atoms. The first-order valence-corrected chi connectivity index (χ1v) is 7.60. The lowest BCUT2D eigenvalue weighted by Crippen LogP contribution is -2.05. The molecule has 0 bridgehead atoms. The van der Waals surface area contributed by atoms with Gasteiger partial charge in [0.05, 0.1) is 6.61 Å². The zero-order chi connectivity index (χ0) is 15.4. The maximum absolute atomic E-state index is 11.7. The molecule has 3 rings (SSSR count). The Bertz CT molecular complexity index is 774. The van der Waals surface area contributed by atoms with E-state index in [0.29, 0.717) is 19.4 Å². The summed E-state index contributed by atoms with van der Waals surface area (Å²) in [5.41, 5.74) is 4.50. The van der Waals surface area contributed by atoms with Gasteiger partial charge in [0.1, 0.15) is 0 Å². The molecule has 0 aliphatic carbocycles. The largest absolute Gasteiger partial charge is 0.466 e. The highest BCUT2D eigenvalue weighted by Gasteiger charge is 2.14. The molecule has 112 valence electrons. The molecule has 1 N–H and O–H groups in total. The van der Waals surface area contributed by atoms with Gasteiger partial charge < -0.3 is 9.72 Å². The Kier molecular flexibility index (Phi) is 4.24. The van der Waals surface area contributed by atoms with Crippen LogP contribution in [0.4, 0.5) is 0 Å². The third-order valence-electron chi connectivity index (χ3n) is 3.76. The number of esters is 1. The van der Waals surface area contributed by atoms with E-state index in [-0.39, 0.29) is 5.97 Å². The molecule has 0 saturated carbocycles. The Hall–Kier alpha value is -2.55. The Morgan fingerprint density at radius 2 is 1.77 bits per heavy atom. The third-order valence-corrected chi connectivity index (χ3v) is 3.76. The van der Waals surface area contributed by atoms with Gasteiger partial charge in [0, 0.05) is 23.0 Å². The van der Waals surface area contributed by atoms with Gasteiger partial charge in [-0.05, 0) is 30.5 Å². The maximum Gasteiger partial charge on any atom is 0.306 e. The number of rotatable bonds is 5. The molecular weight excluding hydrogens is 274 g/mol. The monoisotopic (exact) mass is 293 g/mol. The summed E-state index contributed by atoms with van der Waals surface area (Å²) < 4.78 is 5.05. The van der Waals surface area contributed by atoms with Gasteiger partial charge in [-0.3, -0.25) is 4.79 Å². The van der Waals surface area contributed by atoms with Crippen LogP contribution in [0, 0.1) is 0 Å². The van der Waals surface area contributed by atoms with Crippen LogP contribution in [0.25, 0.3) is 22.2 Å². The SMILES string of the molecule is CCOC(=O)CCc1c(-c2ccccc2)[nH]c2ccccc12. The molecule has 3 heteroatoms. The normalized spacial score (nSPS) is 10.8. The number of aromatic amines is 1. The Morgan fingerprint density at radius 3 is 2.55 bits per heavy atom. The second-order valence-electron chi connectivity index (χ2n) is 5.20. The molecule has 0 saturated heterocycles. The summed E-state index contributed by atoms with van der Waals surface area (Å²) in [7, 11) is 0. The van der Waals surface area contributed by atoms with Crippen LogP contribution < -0.4 is 0 Å². The lowest BCUT2D eigenvalue weighted by Gasteiger charge is -2.05. The van der Waals surface area contributed by atoms with Gasteiger partial charge in [-0.15, -0.1) is 0 Å². The fourth-order valence-corrected chi connectivity index (χ4v) is 2.77. The van der Waals surface area contributed by atoms with Crippen molar-refractivity contribution in [1.82, 2.24) is 4.98 Å². The number of hydrogen-bond acceptors (Lipinski definition) is 2. The number of hydrogen-bond donors (Lipinski definition) is 1. The van der Waals surface area contributed by atoms with Crippen molar-refractivity contribution in [2.45, 2.75) is 19.8 Å². The maximum atomic E-state index is 11.7. The number of nitrogens with one attached hydrogen (secondary N) is 1. The van der Waals surface area contributed by atoms with Gasteiger partial charge in [-0.25, -0.2) is 0 Å². The van der Waals surface area contributed by atoms with Gasteiger partial charge in [0.15, 0.2) is 0 Å². The first-order valence-electron chi connectivity index (χ1n) is 7.60. The van der Waals surface area contributed by atoms with Gasteiger partial charge in [-0.2, -0.15) is 0 Å². The van der Waals surface area contributed by atoms with Crippen molar-refractivity contribution in [3.63, 3.8) is 0 Å². The fourth-order valence-electron chi connectivity index (χ4n) is 2.77. The lowest BCUT2D eigenvalue weighted by atomic mass is 10.0. The molecule has 1 heterocycles. The van der Waals surface area contributed by atoms with Crippen LogP contribution in [-0.4, -0.2) is 17.6 Å². The molecule has 0 aliphatic rings. The smallest absolute Gasteiger partial charge is 0.306 e. The number of H-pyrrole nitrogens is 1. The summed E-state index contributed by atoms with van der Waals surface area (Å²) in [5.74, 6) is -0.146. The minimum Gasteiger partial charge on any atom is -0.466 e. The molecule has 3 aromatic rings. The van der Waals surface area contributed by atoms with E-state index in [1.54, 1.807) is 0 Å². The van der Waals surface area contributed by atoms with E-state index in [0.717, 1.165) is 16.8 Å². The molecule has 0 atom stereocenters. The van der Waals surface area contributed by atoms with Gasteiger partial charge >= 0.3 is 5.97 Å². The Morgan fingerprint density at radius 1 is 1.05 bits per heavy atom. The first kappa shape index (κ1) is 14.4. The van der Waals surface area contributed by atoms with E-state index in [4.69, 9.17) is 4.74 Å². The van der Waals surface area contributed by atoms with E-state index >= 15 is 0 Å². The zero-order valence-electron chi connectivity index (χ0n) is 12.6. The van der Waals surface area contributed by atoms with Crippen molar-refractivity contribution in [1.29, 1.82) is 0 Å². The van der Waals surface area contributed by atoms with Crippen LogP contribution in [0.2, 0.25) is 0 Å². The third kappa shape index (κ3) is 2.89. The van der Waals surface area contributed by atoms with Gasteiger partial charge in [-0.1, -0.05) is 48.5 Å². The Labute approximate surface area is 129 Å². The molecule has 0 amide bonds. The molecule has 0 spiro atoms. The quantitative estimate of drug-likeness (QED) is 0.711. The molecule has 3 nitrogen and oxygen atoms in total. The summed E-state index contributed by atoms with van der Waals surface area (Å²) >= 11 is 0. The second-order valence-corrected chi connectivity index (χ2v) is 5.20. The zero-order valence-corrected chi connectivity index (χ0v) is 12.6. The molecule has 2 aromatic carbocycles. The molecule has 0 fully saturated rings. The fraction of sp³-hybridized carbons (Fsp3) is 0.211. The summed E-state index contributed by atoms with van der Waals surface area (Å²) in [5, 5.41) is 1.17. The van der Waals surface area contributed by atoms with Gasteiger partial charge in [0.25, 0.3) is 0 Å². The summed E-state index contributed by atoms with van der Waals surface area (Å²) in [6, 6.07) is 18.4. The average molecular weight is 293 g/mol. The predicted octanol–water partition coefficient (Wildman–Crippen LogP) is 4.33. The molecule has 1 aromatic heterocycles. The van der Waals surface area contributed by atoms with Crippen LogP contribution in [0.1, 0.15) is 18.9 Å². The van der Waals surface area contributed by atoms with Crippen LogP contribution in [0.15, 0.2) is 54.6 Å². The topological polar surface area (TPSA) is 42.1 Å². The highest BCUT2D eigenvalue weighted by molar-refractivity contribution is 5.91. The van der Waals surface area contributed by atoms with Crippen LogP contribution in [-0.2, 0) is 16.0 Å². The van der Waals surface area contributed by atoms with Crippen molar-refractivity contribution in [3.8, 4) is 11.3 Å². The molecule has 0 radical (unpaired) electrons. The van der Waals surface area contributed by atoms with E-state index < -0.39 is 0 Å². The van der Waals surface area contributed by atoms with Crippen LogP contribution in [0.5, 0.6) is 0 Å². The van der Waals surface area contributed by atoms with Crippen molar-refractivity contribution < 1.29 is 9.53 Å². The van der Waals surface area contributed by atoms with Crippen molar-refractivity contribution in [2.24, 2.45) is 0 Å². The molecule has 0 unspecified atom stereocenters. The minimum atomic E-state index is -0.146. The van der Waals surface area contributed by atoms with Gasteiger partial charge in [0.2, 0.25) is 0 Å². The number of carbonyl (C=O) groups excluding carboxylic acids is 1. The number of aromatic nitrogens is 1. The van der Waals surface area contributed by atoms with Crippen molar-refractivity contribution in [3.05, 3.63) is 60.2 Å². The first-order chi connectivity index (χ1) is 10.8. The summed E-state index contributed by atoms with van der Waals surface area (Å²) in [4.78, 5) is 15.2.